The molecule has 0 bridgehead atoms. The van der Waals surface area contributed by atoms with Gasteiger partial charge in [-0.15, -0.1) is 0 Å². The van der Waals surface area contributed by atoms with Crippen LogP contribution in [0.2, 0.25) is 5.02 Å². The van der Waals surface area contributed by atoms with Crippen molar-refractivity contribution in [1.29, 1.82) is 0 Å². The van der Waals surface area contributed by atoms with E-state index in [0.29, 0.717) is 21.1 Å². The number of nitrogens with one attached hydrogen (secondary N) is 1. The Morgan fingerprint density at radius 2 is 2.18 bits per heavy atom. The van der Waals surface area contributed by atoms with Crippen LogP contribution in [0.1, 0.15) is 22.1 Å². The maximum atomic E-state index is 12.4. The number of amides is 1. The first-order valence-electron chi connectivity index (χ1n) is 8.09. The number of anilines is 2. The SMILES string of the molecule is COc1cc(Cl)cc(C(CN)n2cc(NC(=O)c3nc(Br)cnc3N)cn2)c1. The van der Waals surface area contributed by atoms with Gasteiger partial charge in [0.1, 0.15) is 10.4 Å². The van der Waals surface area contributed by atoms with Crippen LogP contribution in [0, 0.1) is 0 Å². The number of nitrogens with two attached hydrogens (primary N) is 2. The summed E-state index contributed by atoms with van der Waals surface area (Å²) in [5.74, 6) is 0.142. The summed E-state index contributed by atoms with van der Waals surface area (Å²) in [6.45, 7) is 0.266. The number of hydrogen-bond acceptors (Lipinski definition) is 7. The van der Waals surface area contributed by atoms with Crippen LogP contribution in [0.3, 0.4) is 0 Å². The van der Waals surface area contributed by atoms with E-state index in [4.69, 9.17) is 27.8 Å². The molecule has 9 nitrogen and oxygen atoms in total. The molecule has 1 amide bonds. The summed E-state index contributed by atoms with van der Waals surface area (Å²) in [6.07, 6.45) is 4.57. The van der Waals surface area contributed by atoms with Crippen LogP contribution in [0.5, 0.6) is 5.75 Å². The van der Waals surface area contributed by atoms with E-state index in [2.05, 4.69) is 36.3 Å². The fraction of sp³-hybridized carbons (Fsp3) is 0.176. The molecule has 0 saturated carbocycles. The fourth-order valence-electron chi connectivity index (χ4n) is 2.60. The maximum absolute atomic E-state index is 12.4. The number of rotatable bonds is 6. The minimum absolute atomic E-state index is 0.0112. The van der Waals surface area contributed by atoms with E-state index in [1.165, 1.54) is 12.4 Å². The second-order valence-corrected chi connectivity index (χ2v) is 7.01. The van der Waals surface area contributed by atoms with Gasteiger partial charge in [-0.2, -0.15) is 5.10 Å². The van der Waals surface area contributed by atoms with Crippen LogP contribution in [0.4, 0.5) is 11.5 Å². The Bertz CT molecular complexity index is 1010. The molecule has 11 heteroatoms. The second-order valence-electron chi connectivity index (χ2n) is 5.77. The van der Waals surface area contributed by atoms with Crippen molar-refractivity contribution >= 4 is 44.9 Å². The fourth-order valence-corrected chi connectivity index (χ4v) is 3.11. The molecular formula is C17H17BrClN7O2. The van der Waals surface area contributed by atoms with Crippen LogP contribution >= 0.6 is 27.5 Å². The molecule has 0 aliphatic rings. The van der Waals surface area contributed by atoms with Gasteiger partial charge in [0.15, 0.2) is 11.5 Å². The molecular weight excluding hydrogens is 450 g/mol. The van der Waals surface area contributed by atoms with Gasteiger partial charge < -0.3 is 21.5 Å². The summed E-state index contributed by atoms with van der Waals surface area (Å²) in [6, 6.07) is 5.03. The van der Waals surface area contributed by atoms with Crippen LogP contribution in [0.25, 0.3) is 0 Å². The molecule has 2 heterocycles. The van der Waals surface area contributed by atoms with Crippen LogP contribution in [-0.2, 0) is 0 Å². The lowest BCUT2D eigenvalue weighted by Crippen LogP contribution is -2.21. The zero-order chi connectivity index (χ0) is 20.3. The first-order valence-corrected chi connectivity index (χ1v) is 9.26. The minimum Gasteiger partial charge on any atom is -0.497 e. The van der Waals surface area contributed by atoms with Crippen molar-refractivity contribution in [2.45, 2.75) is 6.04 Å². The minimum atomic E-state index is -0.500. The first-order chi connectivity index (χ1) is 13.4. The molecule has 1 aromatic carbocycles. The number of halogens is 2. The molecule has 2 aromatic heterocycles. The Morgan fingerprint density at radius 3 is 2.89 bits per heavy atom. The van der Waals surface area contributed by atoms with Gasteiger partial charge in [-0.05, 0) is 39.7 Å². The number of hydrogen-bond donors (Lipinski definition) is 3. The highest BCUT2D eigenvalue weighted by molar-refractivity contribution is 9.10. The Labute approximate surface area is 174 Å². The quantitative estimate of drug-likeness (QED) is 0.508. The van der Waals surface area contributed by atoms with Gasteiger partial charge in [-0.3, -0.25) is 9.48 Å². The van der Waals surface area contributed by atoms with E-state index in [1.807, 2.05) is 6.07 Å². The second kappa shape index (κ2) is 8.55. The molecule has 0 spiro atoms. The summed E-state index contributed by atoms with van der Waals surface area (Å²) in [5.41, 5.74) is 13.0. The van der Waals surface area contributed by atoms with Gasteiger partial charge in [0.2, 0.25) is 0 Å². The zero-order valence-electron chi connectivity index (χ0n) is 14.8. The number of aromatic nitrogens is 4. The number of methoxy groups -OCH3 is 1. The highest BCUT2D eigenvalue weighted by atomic mass is 79.9. The highest BCUT2D eigenvalue weighted by Gasteiger charge is 2.18. The van der Waals surface area contributed by atoms with Gasteiger partial charge >= 0.3 is 0 Å². The Hall–Kier alpha value is -2.69. The van der Waals surface area contributed by atoms with Crippen molar-refractivity contribution in [3.05, 3.63) is 57.7 Å². The van der Waals surface area contributed by atoms with Gasteiger partial charge in [0.25, 0.3) is 5.91 Å². The lowest BCUT2D eigenvalue weighted by atomic mass is 10.1. The Kier molecular flexibility index (Phi) is 6.12. The molecule has 0 saturated heterocycles. The van der Waals surface area contributed by atoms with Crippen molar-refractivity contribution < 1.29 is 9.53 Å². The average molecular weight is 467 g/mol. The van der Waals surface area contributed by atoms with Crippen molar-refractivity contribution in [3.8, 4) is 5.75 Å². The number of benzene rings is 1. The van der Waals surface area contributed by atoms with Crippen LogP contribution in [0.15, 0.2) is 41.4 Å². The third-order valence-electron chi connectivity index (χ3n) is 3.90. The number of carbonyl (C=O) groups is 1. The van der Waals surface area contributed by atoms with E-state index in [0.717, 1.165) is 5.56 Å². The topological polar surface area (TPSA) is 134 Å². The van der Waals surface area contributed by atoms with Crippen LogP contribution < -0.4 is 21.5 Å². The molecule has 1 unspecified atom stereocenters. The van der Waals surface area contributed by atoms with Gasteiger partial charge in [-0.25, -0.2) is 9.97 Å². The van der Waals surface area contributed by atoms with Gasteiger partial charge in [0.05, 0.1) is 31.2 Å². The van der Waals surface area contributed by atoms with E-state index in [1.54, 1.807) is 30.1 Å². The van der Waals surface area contributed by atoms with Crippen molar-refractivity contribution in [3.63, 3.8) is 0 Å². The highest BCUT2D eigenvalue weighted by Crippen LogP contribution is 2.27. The monoisotopic (exact) mass is 465 g/mol. The summed E-state index contributed by atoms with van der Waals surface area (Å²) >= 11 is 9.32. The van der Waals surface area contributed by atoms with Crippen molar-refractivity contribution in [2.75, 3.05) is 24.7 Å². The smallest absolute Gasteiger partial charge is 0.278 e. The van der Waals surface area contributed by atoms with Gasteiger partial charge in [0, 0.05) is 17.8 Å². The Balaban J connectivity index is 1.83. The number of carbonyl (C=O) groups excluding carboxylic acids is 1. The van der Waals surface area contributed by atoms with E-state index >= 15 is 0 Å². The number of ether oxygens (including phenoxy) is 1. The molecule has 0 radical (unpaired) electrons. The molecule has 3 rings (SSSR count). The third kappa shape index (κ3) is 4.41. The first kappa shape index (κ1) is 20.1. The number of nitrogen functional groups attached to an aromatic ring is 1. The standard InChI is InChI=1S/C17H17BrClN7O2/c1-28-12-3-9(2-10(19)4-12)13(5-20)26-8-11(6-23-26)24-17(27)15-16(21)22-7-14(18)25-15/h2-4,6-8,13H,5,20H2,1H3,(H2,21,22)(H,24,27). The van der Waals surface area contributed by atoms with Crippen molar-refractivity contribution in [2.24, 2.45) is 5.73 Å². The average Bonchev–Trinajstić information content (AvgIpc) is 3.11. The molecule has 1 atom stereocenters. The normalized spacial score (nSPS) is 11.9. The van der Waals surface area contributed by atoms with E-state index < -0.39 is 5.91 Å². The molecule has 3 aromatic rings. The van der Waals surface area contributed by atoms with Gasteiger partial charge in [-0.1, -0.05) is 11.6 Å². The molecule has 0 fully saturated rings. The van der Waals surface area contributed by atoms with Crippen LogP contribution in [-0.4, -0.2) is 39.3 Å². The zero-order valence-corrected chi connectivity index (χ0v) is 17.1. The predicted octanol–water partition coefficient (Wildman–Crippen LogP) is 2.48. The summed E-state index contributed by atoms with van der Waals surface area (Å²) in [4.78, 5) is 20.4. The molecule has 0 aliphatic heterocycles. The summed E-state index contributed by atoms with van der Waals surface area (Å²) in [7, 11) is 1.56. The maximum Gasteiger partial charge on any atom is 0.278 e. The molecule has 0 aliphatic carbocycles. The number of nitrogens with zero attached hydrogens (tertiary/aromatic N) is 4. The third-order valence-corrected chi connectivity index (χ3v) is 4.50. The van der Waals surface area contributed by atoms with E-state index in [-0.39, 0.29) is 24.1 Å². The lowest BCUT2D eigenvalue weighted by Gasteiger charge is -2.17. The largest absolute Gasteiger partial charge is 0.497 e. The lowest BCUT2D eigenvalue weighted by molar-refractivity contribution is 0.102. The molecule has 5 N–H and O–H groups in total. The Morgan fingerprint density at radius 1 is 1.39 bits per heavy atom. The van der Waals surface area contributed by atoms with Crippen molar-refractivity contribution in [1.82, 2.24) is 19.7 Å². The summed E-state index contributed by atoms with van der Waals surface area (Å²) in [5, 5.41) is 7.52. The molecule has 146 valence electrons. The van der Waals surface area contributed by atoms with E-state index in [9.17, 15) is 4.79 Å². The summed E-state index contributed by atoms with van der Waals surface area (Å²) < 4.78 is 7.29. The molecule has 28 heavy (non-hydrogen) atoms. The predicted molar refractivity (Wildman–Crippen MR) is 110 cm³/mol.